The van der Waals surface area contributed by atoms with E-state index in [0.717, 1.165) is 16.7 Å². The van der Waals surface area contributed by atoms with Gasteiger partial charge in [-0.15, -0.1) is 0 Å². The van der Waals surface area contributed by atoms with Crippen LogP contribution < -0.4 is 5.73 Å². The zero-order valence-corrected chi connectivity index (χ0v) is 13.1. The topological polar surface area (TPSA) is 52.3 Å². The molecule has 4 heteroatoms. The predicted octanol–water partition coefficient (Wildman–Crippen LogP) is 4.20. The van der Waals surface area contributed by atoms with E-state index < -0.39 is 5.97 Å². The first-order valence-corrected chi connectivity index (χ1v) is 7.05. The van der Waals surface area contributed by atoms with E-state index >= 15 is 0 Å². The highest BCUT2D eigenvalue weighted by atomic mass is 35.5. The zero-order chi connectivity index (χ0) is 15.6. The Morgan fingerprint density at radius 1 is 1.14 bits per heavy atom. The Balaban J connectivity index is 2.13. The number of nitrogen functional groups attached to an aromatic ring is 1. The summed E-state index contributed by atoms with van der Waals surface area (Å²) in [5, 5.41) is 0.354. The van der Waals surface area contributed by atoms with Crippen LogP contribution >= 0.6 is 11.6 Å². The second-order valence-electron chi connectivity index (χ2n) is 5.19. The Hall–Kier alpha value is -2.00. The number of benzene rings is 2. The number of carbonyl (C=O) groups is 1. The Kier molecular flexibility index (Phi) is 4.53. The molecule has 0 bridgehead atoms. The quantitative estimate of drug-likeness (QED) is 0.683. The molecule has 3 nitrogen and oxygen atoms in total. The van der Waals surface area contributed by atoms with Gasteiger partial charge in [-0.05, 0) is 55.7 Å². The number of aryl methyl sites for hydroxylation is 3. The first-order valence-electron chi connectivity index (χ1n) is 6.67. The van der Waals surface area contributed by atoms with Crippen LogP contribution in [0, 0.1) is 20.8 Å². The summed E-state index contributed by atoms with van der Waals surface area (Å²) in [6.07, 6.45) is 0. The van der Waals surface area contributed by atoms with Gasteiger partial charge >= 0.3 is 5.97 Å². The first-order chi connectivity index (χ1) is 9.88. The maximum atomic E-state index is 12.0. The molecule has 0 saturated heterocycles. The minimum absolute atomic E-state index is 0.249. The molecule has 0 aliphatic carbocycles. The Morgan fingerprint density at radius 3 is 2.33 bits per heavy atom. The lowest BCUT2D eigenvalue weighted by Gasteiger charge is -2.12. The van der Waals surface area contributed by atoms with Crippen LogP contribution in [-0.2, 0) is 11.3 Å². The molecule has 2 rings (SSSR count). The molecule has 0 unspecified atom stereocenters. The summed E-state index contributed by atoms with van der Waals surface area (Å²) in [5.41, 5.74) is 10.9. The van der Waals surface area contributed by atoms with E-state index in [1.165, 1.54) is 11.6 Å². The van der Waals surface area contributed by atoms with Crippen molar-refractivity contribution < 1.29 is 9.53 Å². The molecule has 0 fully saturated rings. The van der Waals surface area contributed by atoms with Crippen LogP contribution in [0.15, 0.2) is 30.3 Å². The molecule has 0 heterocycles. The number of anilines is 1. The number of halogens is 1. The lowest BCUT2D eigenvalue weighted by atomic mass is 10.0. The van der Waals surface area contributed by atoms with Crippen molar-refractivity contribution in [1.82, 2.24) is 0 Å². The molecule has 0 aromatic heterocycles. The lowest BCUT2D eigenvalue weighted by Crippen LogP contribution is -2.07. The molecule has 0 aliphatic heterocycles. The number of rotatable bonds is 3. The summed E-state index contributed by atoms with van der Waals surface area (Å²) < 4.78 is 5.37. The van der Waals surface area contributed by atoms with E-state index in [-0.39, 0.29) is 6.61 Å². The molecule has 0 radical (unpaired) electrons. The van der Waals surface area contributed by atoms with Gasteiger partial charge in [0.05, 0.1) is 16.3 Å². The van der Waals surface area contributed by atoms with Crippen molar-refractivity contribution in [3.63, 3.8) is 0 Å². The van der Waals surface area contributed by atoms with Gasteiger partial charge in [-0.1, -0.05) is 29.3 Å². The number of ether oxygens (including phenoxy) is 1. The fraction of sp³-hybridized carbons (Fsp3) is 0.235. The van der Waals surface area contributed by atoms with Crippen LogP contribution in [-0.4, -0.2) is 5.97 Å². The number of hydrogen-bond acceptors (Lipinski definition) is 3. The largest absolute Gasteiger partial charge is 0.457 e. The average molecular weight is 304 g/mol. The summed E-state index contributed by atoms with van der Waals surface area (Å²) >= 11 is 5.91. The van der Waals surface area contributed by atoms with Gasteiger partial charge in [0.1, 0.15) is 6.61 Å². The fourth-order valence-electron chi connectivity index (χ4n) is 2.31. The molecule has 21 heavy (non-hydrogen) atoms. The van der Waals surface area contributed by atoms with Crippen LogP contribution in [0.25, 0.3) is 0 Å². The van der Waals surface area contributed by atoms with E-state index in [2.05, 4.69) is 12.1 Å². The predicted molar refractivity (Wildman–Crippen MR) is 85.6 cm³/mol. The van der Waals surface area contributed by atoms with Gasteiger partial charge in [0.25, 0.3) is 0 Å². The minimum Gasteiger partial charge on any atom is -0.457 e. The monoisotopic (exact) mass is 303 g/mol. The molecule has 0 saturated carbocycles. The van der Waals surface area contributed by atoms with E-state index in [9.17, 15) is 4.79 Å². The van der Waals surface area contributed by atoms with Gasteiger partial charge in [0, 0.05) is 0 Å². The van der Waals surface area contributed by atoms with E-state index in [0.29, 0.717) is 16.3 Å². The normalized spacial score (nSPS) is 10.5. The second-order valence-corrected chi connectivity index (χ2v) is 5.60. The molecule has 0 atom stereocenters. The smallest absolute Gasteiger partial charge is 0.338 e. The maximum absolute atomic E-state index is 12.0. The van der Waals surface area contributed by atoms with Gasteiger partial charge in [0.2, 0.25) is 0 Å². The van der Waals surface area contributed by atoms with Crippen LogP contribution in [0.1, 0.15) is 32.6 Å². The number of hydrogen-bond donors (Lipinski definition) is 1. The van der Waals surface area contributed by atoms with Crippen molar-refractivity contribution >= 4 is 23.3 Å². The summed E-state index contributed by atoms with van der Waals surface area (Å²) in [5.74, 6) is -0.406. The Labute approximate surface area is 129 Å². The Morgan fingerprint density at radius 2 is 1.76 bits per heavy atom. The van der Waals surface area contributed by atoms with Crippen LogP contribution in [0.2, 0.25) is 5.02 Å². The summed E-state index contributed by atoms with van der Waals surface area (Å²) in [6, 6.07) is 8.89. The van der Waals surface area contributed by atoms with Crippen molar-refractivity contribution in [1.29, 1.82) is 0 Å². The van der Waals surface area contributed by atoms with Crippen LogP contribution in [0.3, 0.4) is 0 Å². The molecule has 0 aliphatic rings. The van der Waals surface area contributed by atoms with Gasteiger partial charge in [-0.2, -0.15) is 0 Å². The Bertz CT molecular complexity index is 672. The summed E-state index contributed by atoms with van der Waals surface area (Å²) in [7, 11) is 0. The van der Waals surface area contributed by atoms with Crippen molar-refractivity contribution in [3.05, 3.63) is 63.2 Å². The molecule has 2 aromatic rings. The summed E-state index contributed by atoms with van der Waals surface area (Å²) in [6.45, 7) is 6.33. The maximum Gasteiger partial charge on any atom is 0.338 e. The van der Waals surface area contributed by atoms with Gasteiger partial charge in [0.15, 0.2) is 0 Å². The highest BCUT2D eigenvalue weighted by Crippen LogP contribution is 2.21. The van der Waals surface area contributed by atoms with Gasteiger partial charge in [-0.3, -0.25) is 0 Å². The highest BCUT2D eigenvalue weighted by molar-refractivity contribution is 6.33. The van der Waals surface area contributed by atoms with E-state index in [1.807, 2.05) is 20.8 Å². The highest BCUT2D eigenvalue weighted by Gasteiger charge is 2.11. The third-order valence-electron chi connectivity index (χ3n) is 3.42. The SMILES string of the molecule is Cc1cc(C)c(COC(=O)c2ccc(N)c(Cl)c2)c(C)c1. The lowest BCUT2D eigenvalue weighted by molar-refractivity contribution is 0.0471. The standard InChI is InChI=1S/C17H18ClNO2/c1-10-6-11(2)14(12(3)7-10)9-21-17(20)13-4-5-16(19)15(18)8-13/h4-8H,9,19H2,1-3H3. The molecule has 0 spiro atoms. The van der Waals surface area contributed by atoms with Crippen molar-refractivity contribution in [2.45, 2.75) is 27.4 Å². The van der Waals surface area contributed by atoms with Crippen LogP contribution in [0.5, 0.6) is 0 Å². The molecule has 110 valence electrons. The third kappa shape index (κ3) is 3.56. The molecular weight excluding hydrogens is 286 g/mol. The average Bonchev–Trinajstić information content (AvgIpc) is 2.40. The number of esters is 1. The van der Waals surface area contributed by atoms with E-state index in [1.54, 1.807) is 12.1 Å². The van der Waals surface area contributed by atoms with E-state index in [4.69, 9.17) is 22.1 Å². The second kappa shape index (κ2) is 6.19. The molecular formula is C17H18ClNO2. The van der Waals surface area contributed by atoms with Crippen molar-refractivity contribution in [2.75, 3.05) is 5.73 Å². The first kappa shape index (κ1) is 15.4. The molecule has 0 amide bonds. The fourth-order valence-corrected chi connectivity index (χ4v) is 2.49. The number of carbonyl (C=O) groups excluding carboxylic acids is 1. The van der Waals surface area contributed by atoms with Crippen molar-refractivity contribution in [3.8, 4) is 0 Å². The van der Waals surface area contributed by atoms with Gasteiger partial charge < -0.3 is 10.5 Å². The molecule has 2 aromatic carbocycles. The van der Waals surface area contributed by atoms with Crippen molar-refractivity contribution in [2.24, 2.45) is 0 Å². The third-order valence-corrected chi connectivity index (χ3v) is 3.75. The minimum atomic E-state index is -0.406. The zero-order valence-electron chi connectivity index (χ0n) is 12.4. The molecule has 2 N–H and O–H groups in total. The van der Waals surface area contributed by atoms with Gasteiger partial charge in [-0.25, -0.2) is 4.79 Å². The summed E-state index contributed by atoms with van der Waals surface area (Å²) in [4.78, 5) is 12.0. The number of nitrogens with two attached hydrogens (primary N) is 1. The van der Waals surface area contributed by atoms with Crippen LogP contribution in [0.4, 0.5) is 5.69 Å².